The van der Waals surface area contributed by atoms with Gasteiger partial charge < -0.3 is 5.11 Å². The summed E-state index contributed by atoms with van der Waals surface area (Å²) in [6.07, 6.45) is -0.203. The second kappa shape index (κ2) is 6.12. The molecule has 1 nitrogen and oxygen atoms in total. The first kappa shape index (κ1) is 14.0. The van der Waals surface area contributed by atoms with E-state index in [2.05, 4.69) is 38.5 Å². The summed E-state index contributed by atoms with van der Waals surface area (Å²) < 4.78 is 14.9. The molecule has 0 radical (unpaired) electrons. The van der Waals surface area contributed by atoms with Gasteiger partial charge in [0.15, 0.2) is 0 Å². The van der Waals surface area contributed by atoms with Crippen LogP contribution in [0.25, 0.3) is 0 Å². The van der Waals surface area contributed by atoms with Crippen LogP contribution in [0.4, 0.5) is 4.39 Å². The summed E-state index contributed by atoms with van der Waals surface area (Å²) in [4.78, 5) is 0. The second-order valence-electron chi connectivity index (χ2n) is 4.02. The van der Waals surface area contributed by atoms with Crippen LogP contribution < -0.4 is 0 Å². The summed E-state index contributed by atoms with van der Waals surface area (Å²) >= 11 is 5.33. The number of aliphatic hydroxyl groups excluding tert-OH is 1. The Kier molecular flexibility index (Phi) is 4.75. The zero-order valence-corrected chi connectivity index (χ0v) is 13.2. The van der Waals surface area contributed by atoms with Gasteiger partial charge in [0.2, 0.25) is 0 Å². The van der Waals surface area contributed by atoms with Gasteiger partial charge in [0.1, 0.15) is 5.82 Å². The van der Waals surface area contributed by atoms with E-state index in [0.717, 1.165) is 9.13 Å². The average molecular weight is 421 g/mol. The first-order valence-electron chi connectivity index (χ1n) is 5.44. The molecule has 0 aliphatic rings. The number of halogens is 3. The van der Waals surface area contributed by atoms with Crippen LogP contribution in [0, 0.1) is 9.39 Å². The molecule has 0 fully saturated rings. The van der Waals surface area contributed by atoms with Crippen molar-refractivity contribution in [3.8, 4) is 0 Å². The van der Waals surface area contributed by atoms with Gasteiger partial charge >= 0.3 is 0 Å². The average Bonchev–Trinajstić information content (AvgIpc) is 2.35. The molecule has 4 heteroatoms. The summed E-state index contributed by atoms with van der Waals surface area (Å²) in [5.41, 5.74) is 1.63. The van der Waals surface area contributed by atoms with Gasteiger partial charge in [-0.05, 0) is 73.9 Å². The normalized spacial score (nSPS) is 12.4. The predicted octanol–water partition coefficient (Wildman–Crippen LogP) is 4.47. The molecule has 1 unspecified atom stereocenters. The lowest BCUT2D eigenvalue weighted by Crippen LogP contribution is -2.02. The Balaban J connectivity index is 2.13. The highest BCUT2D eigenvalue weighted by Crippen LogP contribution is 2.23. The standard InChI is InChI=1S/C14H11BrFIO/c15-12-6-3-10(8-13(12)16)14(18)7-9-1-4-11(17)5-2-9/h1-6,8,14,18H,7H2. The molecular weight excluding hydrogens is 410 g/mol. The Morgan fingerprint density at radius 1 is 1.17 bits per heavy atom. The maximum atomic E-state index is 13.4. The van der Waals surface area contributed by atoms with Gasteiger partial charge in [-0.2, -0.15) is 0 Å². The van der Waals surface area contributed by atoms with Crippen molar-refractivity contribution in [1.29, 1.82) is 0 Å². The number of hydrogen-bond donors (Lipinski definition) is 1. The summed E-state index contributed by atoms with van der Waals surface area (Å²) in [6, 6.07) is 12.6. The fraction of sp³-hybridized carbons (Fsp3) is 0.143. The van der Waals surface area contributed by atoms with Crippen LogP contribution in [0.3, 0.4) is 0 Å². The lowest BCUT2D eigenvalue weighted by molar-refractivity contribution is 0.178. The first-order valence-corrected chi connectivity index (χ1v) is 7.31. The van der Waals surface area contributed by atoms with Gasteiger partial charge in [0, 0.05) is 9.99 Å². The number of aliphatic hydroxyl groups is 1. The lowest BCUT2D eigenvalue weighted by atomic mass is 10.0. The van der Waals surface area contributed by atoms with Crippen molar-refractivity contribution >= 4 is 38.5 Å². The molecule has 18 heavy (non-hydrogen) atoms. The molecule has 0 heterocycles. The third-order valence-electron chi connectivity index (χ3n) is 2.67. The zero-order chi connectivity index (χ0) is 13.1. The monoisotopic (exact) mass is 420 g/mol. The molecule has 1 atom stereocenters. The molecule has 0 amide bonds. The van der Waals surface area contributed by atoms with Crippen LogP contribution in [0.2, 0.25) is 0 Å². The van der Waals surface area contributed by atoms with Gasteiger partial charge in [0.05, 0.1) is 10.6 Å². The fourth-order valence-electron chi connectivity index (χ4n) is 1.68. The highest BCUT2D eigenvalue weighted by atomic mass is 127. The van der Waals surface area contributed by atoms with Gasteiger partial charge in [-0.1, -0.05) is 18.2 Å². The van der Waals surface area contributed by atoms with E-state index in [9.17, 15) is 9.50 Å². The minimum absolute atomic E-state index is 0.353. The molecule has 0 aromatic heterocycles. The molecule has 2 aromatic carbocycles. The summed E-state index contributed by atoms with van der Waals surface area (Å²) in [7, 11) is 0. The Hall–Kier alpha value is -0.460. The topological polar surface area (TPSA) is 20.2 Å². The van der Waals surface area contributed by atoms with Crippen molar-refractivity contribution in [2.45, 2.75) is 12.5 Å². The molecule has 0 aliphatic heterocycles. The predicted molar refractivity (Wildman–Crippen MR) is 81.9 cm³/mol. The summed E-state index contributed by atoms with van der Waals surface area (Å²) in [5, 5.41) is 10.1. The maximum absolute atomic E-state index is 13.4. The van der Waals surface area contributed by atoms with E-state index >= 15 is 0 Å². The third kappa shape index (κ3) is 3.52. The molecule has 1 N–H and O–H groups in total. The quantitative estimate of drug-likeness (QED) is 0.726. The van der Waals surface area contributed by atoms with Crippen molar-refractivity contribution in [3.05, 3.63) is 67.5 Å². The molecule has 0 saturated heterocycles. The van der Waals surface area contributed by atoms with E-state index in [4.69, 9.17) is 0 Å². The largest absolute Gasteiger partial charge is 0.388 e. The minimum Gasteiger partial charge on any atom is -0.388 e. The number of benzene rings is 2. The highest BCUT2D eigenvalue weighted by molar-refractivity contribution is 14.1. The van der Waals surface area contributed by atoms with Gasteiger partial charge in [-0.15, -0.1) is 0 Å². The van der Waals surface area contributed by atoms with E-state index in [1.165, 1.54) is 6.07 Å². The summed E-state index contributed by atoms with van der Waals surface area (Å²) in [6.45, 7) is 0. The van der Waals surface area contributed by atoms with Crippen molar-refractivity contribution in [1.82, 2.24) is 0 Å². The fourth-order valence-corrected chi connectivity index (χ4v) is 2.29. The van der Waals surface area contributed by atoms with Gasteiger partial charge in [-0.3, -0.25) is 0 Å². The van der Waals surface area contributed by atoms with Crippen LogP contribution in [-0.4, -0.2) is 5.11 Å². The second-order valence-corrected chi connectivity index (χ2v) is 6.12. The van der Waals surface area contributed by atoms with Crippen LogP contribution in [-0.2, 0) is 6.42 Å². The SMILES string of the molecule is OC(Cc1ccc(I)cc1)c1ccc(Br)c(F)c1. The van der Waals surface area contributed by atoms with E-state index in [1.807, 2.05) is 24.3 Å². The Morgan fingerprint density at radius 2 is 1.83 bits per heavy atom. The lowest BCUT2D eigenvalue weighted by Gasteiger charge is -2.11. The van der Waals surface area contributed by atoms with Crippen LogP contribution >= 0.6 is 38.5 Å². The highest BCUT2D eigenvalue weighted by Gasteiger charge is 2.10. The molecule has 0 bridgehead atoms. The van der Waals surface area contributed by atoms with Crippen LogP contribution in [0.5, 0.6) is 0 Å². The number of rotatable bonds is 3. The first-order chi connectivity index (χ1) is 8.56. The molecule has 94 valence electrons. The Morgan fingerprint density at radius 3 is 2.44 bits per heavy atom. The van der Waals surface area contributed by atoms with Crippen LogP contribution in [0.1, 0.15) is 17.2 Å². The van der Waals surface area contributed by atoms with Gasteiger partial charge in [0.25, 0.3) is 0 Å². The van der Waals surface area contributed by atoms with Crippen LogP contribution in [0.15, 0.2) is 46.9 Å². The Bertz CT molecular complexity index is 542. The molecule has 0 aliphatic carbocycles. The van der Waals surface area contributed by atoms with Crippen molar-refractivity contribution < 1.29 is 9.50 Å². The zero-order valence-electron chi connectivity index (χ0n) is 9.41. The van der Waals surface area contributed by atoms with Crippen molar-refractivity contribution in [2.24, 2.45) is 0 Å². The van der Waals surface area contributed by atoms with E-state index in [0.29, 0.717) is 16.5 Å². The van der Waals surface area contributed by atoms with Crippen molar-refractivity contribution in [3.63, 3.8) is 0 Å². The third-order valence-corrected chi connectivity index (χ3v) is 4.03. The molecule has 2 rings (SSSR count). The molecular formula is C14H11BrFIO. The molecule has 0 spiro atoms. The van der Waals surface area contributed by atoms with E-state index in [-0.39, 0.29) is 5.82 Å². The number of hydrogen-bond acceptors (Lipinski definition) is 1. The minimum atomic E-state index is -0.687. The van der Waals surface area contributed by atoms with Gasteiger partial charge in [-0.25, -0.2) is 4.39 Å². The maximum Gasteiger partial charge on any atom is 0.137 e. The van der Waals surface area contributed by atoms with E-state index < -0.39 is 6.10 Å². The summed E-state index contributed by atoms with van der Waals surface area (Å²) in [5.74, 6) is -0.353. The molecule has 0 saturated carbocycles. The van der Waals surface area contributed by atoms with Crippen molar-refractivity contribution in [2.75, 3.05) is 0 Å². The Labute approximate surface area is 127 Å². The van der Waals surface area contributed by atoms with E-state index in [1.54, 1.807) is 12.1 Å². The smallest absolute Gasteiger partial charge is 0.137 e. The molecule has 2 aromatic rings.